The Bertz CT molecular complexity index is 1000. The number of thioether (sulfide) groups is 1. The molecule has 0 radical (unpaired) electrons. The predicted octanol–water partition coefficient (Wildman–Crippen LogP) is 3.61. The molecule has 0 bridgehead atoms. The van der Waals surface area contributed by atoms with Crippen molar-refractivity contribution >= 4 is 23.6 Å². The van der Waals surface area contributed by atoms with E-state index >= 15 is 0 Å². The fourth-order valence-electron chi connectivity index (χ4n) is 2.95. The van der Waals surface area contributed by atoms with E-state index in [1.807, 2.05) is 41.1 Å². The average Bonchev–Trinajstić information content (AvgIpc) is 3.21. The zero-order chi connectivity index (χ0) is 20.8. The summed E-state index contributed by atoms with van der Waals surface area (Å²) in [6.45, 7) is 4.12. The van der Waals surface area contributed by atoms with E-state index in [-0.39, 0.29) is 11.7 Å². The number of nitrogens with one attached hydrogen (secondary N) is 1. The minimum atomic E-state index is -0.840. The van der Waals surface area contributed by atoms with Crippen molar-refractivity contribution in [2.24, 2.45) is 0 Å². The fraction of sp³-hybridized carbons (Fsp3) is 0.227. The number of aromatic nitrogens is 2. The SMILES string of the molecule is COC(=O)C(NC(=O)CSc1nccn1-c1cccc(C)c1C)c1ccccc1. The molecule has 0 aliphatic carbocycles. The number of hydrogen-bond donors (Lipinski definition) is 1. The molecule has 0 saturated carbocycles. The van der Waals surface area contributed by atoms with Crippen LogP contribution in [0.25, 0.3) is 5.69 Å². The van der Waals surface area contributed by atoms with Gasteiger partial charge in [0.05, 0.1) is 18.6 Å². The normalized spacial score (nSPS) is 11.7. The summed E-state index contributed by atoms with van der Waals surface area (Å²) >= 11 is 1.32. The lowest BCUT2D eigenvalue weighted by atomic mass is 10.1. The van der Waals surface area contributed by atoms with E-state index in [0.29, 0.717) is 10.7 Å². The smallest absolute Gasteiger partial charge is 0.333 e. The predicted molar refractivity (Wildman–Crippen MR) is 113 cm³/mol. The highest BCUT2D eigenvalue weighted by Gasteiger charge is 2.23. The van der Waals surface area contributed by atoms with Gasteiger partial charge in [0.1, 0.15) is 0 Å². The van der Waals surface area contributed by atoms with Gasteiger partial charge in [-0.05, 0) is 36.6 Å². The minimum Gasteiger partial charge on any atom is -0.467 e. The summed E-state index contributed by atoms with van der Waals surface area (Å²) in [6, 6.07) is 14.3. The number of aryl methyl sites for hydroxylation is 1. The molecule has 0 saturated heterocycles. The molecule has 0 aliphatic rings. The first-order valence-corrected chi connectivity index (χ1v) is 10.1. The molecule has 1 amide bonds. The van der Waals surface area contributed by atoms with E-state index in [9.17, 15) is 9.59 Å². The number of hydrogen-bond acceptors (Lipinski definition) is 5. The van der Waals surface area contributed by atoms with Crippen molar-refractivity contribution in [2.75, 3.05) is 12.9 Å². The van der Waals surface area contributed by atoms with Crippen LogP contribution in [0.3, 0.4) is 0 Å². The van der Waals surface area contributed by atoms with Crippen LogP contribution in [0.4, 0.5) is 0 Å². The van der Waals surface area contributed by atoms with Crippen molar-refractivity contribution in [2.45, 2.75) is 25.0 Å². The zero-order valence-electron chi connectivity index (χ0n) is 16.6. The second kappa shape index (κ2) is 9.43. The van der Waals surface area contributed by atoms with Crippen molar-refractivity contribution in [3.05, 3.63) is 77.6 Å². The third kappa shape index (κ3) is 4.86. The molecule has 150 valence electrons. The van der Waals surface area contributed by atoms with Crippen molar-refractivity contribution < 1.29 is 14.3 Å². The second-order valence-corrected chi connectivity index (χ2v) is 7.46. The van der Waals surface area contributed by atoms with Gasteiger partial charge < -0.3 is 10.1 Å². The summed E-state index contributed by atoms with van der Waals surface area (Å²) in [5, 5.41) is 3.47. The number of nitrogens with zero attached hydrogens (tertiary/aromatic N) is 2. The molecule has 1 N–H and O–H groups in total. The molecule has 1 unspecified atom stereocenters. The van der Waals surface area contributed by atoms with Gasteiger partial charge in [0, 0.05) is 12.4 Å². The molecule has 1 aromatic heterocycles. The van der Waals surface area contributed by atoms with Gasteiger partial charge in [-0.1, -0.05) is 54.2 Å². The van der Waals surface area contributed by atoms with Crippen LogP contribution in [0.15, 0.2) is 66.1 Å². The van der Waals surface area contributed by atoms with Gasteiger partial charge in [0.25, 0.3) is 0 Å². The number of carbonyl (C=O) groups excluding carboxylic acids is 2. The number of methoxy groups -OCH3 is 1. The maximum atomic E-state index is 12.5. The molecule has 2 aromatic carbocycles. The number of rotatable bonds is 7. The average molecular weight is 410 g/mol. The van der Waals surface area contributed by atoms with Crippen molar-refractivity contribution in [3.8, 4) is 5.69 Å². The van der Waals surface area contributed by atoms with Crippen LogP contribution in [-0.2, 0) is 14.3 Å². The Kier molecular flexibility index (Phi) is 6.72. The summed E-state index contributed by atoms with van der Waals surface area (Å²) in [4.78, 5) is 29.0. The molecule has 0 spiro atoms. The second-order valence-electron chi connectivity index (χ2n) is 6.52. The summed E-state index contributed by atoms with van der Waals surface area (Å²) in [7, 11) is 1.31. The maximum absolute atomic E-state index is 12.5. The summed E-state index contributed by atoms with van der Waals surface area (Å²) in [6.07, 6.45) is 3.59. The number of amides is 1. The van der Waals surface area contributed by atoms with Crippen LogP contribution in [0, 0.1) is 13.8 Å². The highest BCUT2D eigenvalue weighted by atomic mass is 32.2. The van der Waals surface area contributed by atoms with Crippen LogP contribution >= 0.6 is 11.8 Å². The maximum Gasteiger partial charge on any atom is 0.333 e. The molecular weight excluding hydrogens is 386 g/mol. The molecule has 6 nitrogen and oxygen atoms in total. The first kappa shape index (κ1) is 20.7. The van der Waals surface area contributed by atoms with Crippen LogP contribution in [-0.4, -0.2) is 34.3 Å². The standard InChI is InChI=1S/C22H23N3O3S/c1-15-8-7-11-18(16(15)2)25-13-12-23-22(25)29-14-19(26)24-20(21(27)28-3)17-9-5-4-6-10-17/h4-13,20H,14H2,1-3H3,(H,24,26). The van der Waals surface area contributed by atoms with Gasteiger partial charge in [-0.15, -0.1) is 0 Å². The minimum absolute atomic E-state index is 0.127. The fourth-order valence-corrected chi connectivity index (χ4v) is 3.73. The number of imidazole rings is 1. The van der Waals surface area contributed by atoms with Gasteiger partial charge in [0.15, 0.2) is 11.2 Å². The molecule has 7 heteroatoms. The molecule has 3 rings (SSSR count). The molecule has 0 fully saturated rings. The first-order valence-electron chi connectivity index (χ1n) is 9.16. The van der Waals surface area contributed by atoms with E-state index in [2.05, 4.69) is 30.2 Å². The lowest BCUT2D eigenvalue weighted by Gasteiger charge is -2.17. The Hall–Kier alpha value is -3.06. The Morgan fingerprint density at radius 2 is 1.90 bits per heavy atom. The monoisotopic (exact) mass is 409 g/mol. The topological polar surface area (TPSA) is 73.2 Å². The Morgan fingerprint density at radius 3 is 2.62 bits per heavy atom. The van der Waals surface area contributed by atoms with E-state index in [1.165, 1.54) is 24.4 Å². The largest absolute Gasteiger partial charge is 0.467 e. The molecular formula is C22H23N3O3S. The Balaban J connectivity index is 1.71. The summed E-state index contributed by atoms with van der Waals surface area (Å²) < 4.78 is 6.81. The lowest BCUT2D eigenvalue weighted by Crippen LogP contribution is -2.35. The van der Waals surface area contributed by atoms with Gasteiger partial charge in [-0.25, -0.2) is 9.78 Å². The van der Waals surface area contributed by atoms with Crippen molar-refractivity contribution in [3.63, 3.8) is 0 Å². The molecule has 3 aromatic rings. The van der Waals surface area contributed by atoms with Gasteiger partial charge in [-0.3, -0.25) is 9.36 Å². The van der Waals surface area contributed by atoms with Gasteiger partial charge in [0.2, 0.25) is 5.91 Å². The molecule has 1 atom stereocenters. The number of benzene rings is 2. The van der Waals surface area contributed by atoms with E-state index in [4.69, 9.17) is 4.74 Å². The quantitative estimate of drug-likeness (QED) is 0.477. The highest BCUT2D eigenvalue weighted by Crippen LogP contribution is 2.24. The molecule has 1 heterocycles. The Labute approximate surface area is 174 Å². The van der Waals surface area contributed by atoms with Crippen LogP contribution in [0.2, 0.25) is 0 Å². The van der Waals surface area contributed by atoms with E-state index in [0.717, 1.165) is 11.3 Å². The lowest BCUT2D eigenvalue weighted by molar-refractivity contribution is -0.145. The third-order valence-electron chi connectivity index (χ3n) is 4.65. The Morgan fingerprint density at radius 1 is 1.14 bits per heavy atom. The van der Waals surface area contributed by atoms with Crippen LogP contribution in [0.1, 0.15) is 22.7 Å². The van der Waals surface area contributed by atoms with Gasteiger partial charge >= 0.3 is 5.97 Å². The number of ether oxygens (including phenoxy) is 1. The number of esters is 1. The summed E-state index contributed by atoms with van der Waals surface area (Å²) in [5.41, 5.74) is 4.05. The first-order chi connectivity index (χ1) is 14.0. The number of carbonyl (C=O) groups is 2. The molecule has 0 aliphatic heterocycles. The van der Waals surface area contributed by atoms with E-state index in [1.54, 1.807) is 18.3 Å². The third-order valence-corrected chi connectivity index (χ3v) is 5.62. The summed E-state index contributed by atoms with van der Waals surface area (Å²) in [5.74, 6) is -0.654. The van der Waals surface area contributed by atoms with Gasteiger partial charge in [-0.2, -0.15) is 0 Å². The van der Waals surface area contributed by atoms with Crippen LogP contribution in [0.5, 0.6) is 0 Å². The highest BCUT2D eigenvalue weighted by molar-refractivity contribution is 7.99. The molecule has 29 heavy (non-hydrogen) atoms. The zero-order valence-corrected chi connectivity index (χ0v) is 17.4. The van der Waals surface area contributed by atoms with Crippen molar-refractivity contribution in [1.29, 1.82) is 0 Å². The van der Waals surface area contributed by atoms with E-state index < -0.39 is 12.0 Å². The van der Waals surface area contributed by atoms with Crippen LogP contribution < -0.4 is 5.32 Å². The van der Waals surface area contributed by atoms with Crippen molar-refractivity contribution in [1.82, 2.24) is 14.9 Å².